The minimum Gasteiger partial charge on any atom is -0.469 e. The molecule has 0 aliphatic rings. The van der Waals surface area contributed by atoms with Crippen molar-refractivity contribution < 1.29 is 9.53 Å². The van der Waals surface area contributed by atoms with E-state index in [9.17, 15) is 4.79 Å². The van der Waals surface area contributed by atoms with E-state index in [-0.39, 0.29) is 11.9 Å². The van der Waals surface area contributed by atoms with Crippen LogP contribution in [0.3, 0.4) is 0 Å². The Morgan fingerprint density at radius 2 is 1.38 bits per heavy atom. The van der Waals surface area contributed by atoms with Crippen molar-refractivity contribution in [2.24, 2.45) is 10.3 Å². The Labute approximate surface area is 171 Å². The predicted octanol–water partition coefficient (Wildman–Crippen LogP) is 5.66. The summed E-state index contributed by atoms with van der Waals surface area (Å²) in [4.78, 5) is 11.7. The maximum Gasteiger partial charge on any atom is 0.312 e. The van der Waals surface area contributed by atoms with Gasteiger partial charge < -0.3 is 4.74 Å². The maximum atomic E-state index is 11.7. The fourth-order valence-electron chi connectivity index (χ4n) is 2.96. The Hall–Kier alpha value is -3.47. The molecule has 0 fully saturated rings. The summed E-state index contributed by atoms with van der Waals surface area (Å²) in [5.41, 5.74) is 3.97. The van der Waals surface area contributed by atoms with Gasteiger partial charge in [0, 0.05) is 0 Å². The van der Waals surface area contributed by atoms with E-state index in [0.29, 0.717) is 13.1 Å². The Kier molecular flexibility index (Phi) is 7.11. The number of hydrogen-bond acceptors (Lipinski definition) is 4. The van der Waals surface area contributed by atoms with Crippen molar-refractivity contribution in [3.05, 3.63) is 102 Å². The smallest absolute Gasteiger partial charge is 0.312 e. The number of carbonyl (C=O) groups is 1. The van der Waals surface area contributed by atoms with Crippen LogP contribution in [-0.4, -0.2) is 18.1 Å². The molecule has 0 saturated heterocycles. The highest BCUT2D eigenvalue weighted by molar-refractivity contribution is 5.77. The number of rotatable bonds is 8. The molecule has 0 bridgehead atoms. The summed E-state index contributed by atoms with van der Waals surface area (Å²) in [6.45, 7) is 3.15. The average Bonchev–Trinajstić information content (AvgIpc) is 2.78. The first-order valence-corrected chi connectivity index (χ1v) is 9.58. The first-order valence-electron chi connectivity index (χ1n) is 9.58. The van der Waals surface area contributed by atoms with Gasteiger partial charge in [0.2, 0.25) is 0 Å². The number of hydrogen-bond donors (Lipinski definition) is 0. The van der Waals surface area contributed by atoms with Crippen LogP contribution in [0.1, 0.15) is 29.5 Å². The molecule has 3 aromatic rings. The lowest BCUT2D eigenvalue weighted by Gasteiger charge is -2.18. The third-order valence-corrected chi connectivity index (χ3v) is 4.65. The third kappa shape index (κ3) is 6.01. The molecule has 1 unspecified atom stereocenters. The molecule has 0 N–H and O–H groups in total. The Balaban J connectivity index is 1.74. The van der Waals surface area contributed by atoms with E-state index in [1.165, 1.54) is 18.2 Å². The topological polar surface area (TPSA) is 54.3 Å². The van der Waals surface area contributed by atoms with E-state index in [1.807, 2.05) is 72.6 Å². The highest BCUT2D eigenvalue weighted by Gasteiger charge is 2.15. The molecule has 148 valence electrons. The van der Waals surface area contributed by atoms with Crippen molar-refractivity contribution in [3.63, 3.8) is 0 Å². The van der Waals surface area contributed by atoms with Gasteiger partial charge >= 0.3 is 5.97 Å². The lowest BCUT2D eigenvalue weighted by Crippen LogP contribution is -2.15. The summed E-state index contributed by atoms with van der Waals surface area (Å²) in [6.07, 6.45) is 0. The zero-order chi connectivity index (χ0) is 20.5. The monoisotopic (exact) mass is 387 g/mol. The van der Waals surface area contributed by atoms with E-state index >= 15 is 0 Å². The zero-order valence-electron chi connectivity index (χ0n) is 16.7. The van der Waals surface area contributed by atoms with Crippen LogP contribution in [0.2, 0.25) is 0 Å². The third-order valence-electron chi connectivity index (χ3n) is 4.65. The van der Waals surface area contributed by atoms with Crippen molar-refractivity contribution in [2.45, 2.75) is 25.9 Å². The summed E-state index contributed by atoms with van der Waals surface area (Å²) in [6, 6.07) is 27.9. The normalized spacial score (nSPS) is 11.9. The largest absolute Gasteiger partial charge is 0.469 e. The molecule has 0 amide bonds. The molecule has 0 aliphatic carbocycles. The van der Waals surface area contributed by atoms with E-state index in [1.54, 1.807) is 0 Å². The molecule has 5 heteroatoms. The predicted molar refractivity (Wildman–Crippen MR) is 114 cm³/mol. The SMILES string of the molecule is COC(=O)C(C)c1ccc(N=NN(Cc2ccccc2)Cc2ccccc2)cc1. The Bertz CT molecular complexity index is 884. The van der Waals surface area contributed by atoms with Crippen LogP contribution in [-0.2, 0) is 22.6 Å². The molecule has 3 aromatic carbocycles. The molecule has 0 heterocycles. The highest BCUT2D eigenvalue weighted by Crippen LogP contribution is 2.21. The fraction of sp³-hybridized carbons (Fsp3) is 0.208. The summed E-state index contributed by atoms with van der Waals surface area (Å²) in [5, 5.41) is 10.8. The minimum absolute atomic E-state index is 0.253. The molecule has 3 rings (SSSR count). The first kappa shape index (κ1) is 20.3. The van der Waals surface area contributed by atoms with Gasteiger partial charge in [-0.3, -0.25) is 9.80 Å². The van der Waals surface area contributed by atoms with Crippen LogP contribution in [0.15, 0.2) is 95.3 Å². The number of esters is 1. The number of carbonyl (C=O) groups excluding carboxylic acids is 1. The summed E-state index contributed by atoms with van der Waals surface area (Å²) in [5.74, 6) is -0.560. The van der Waals surface area contributed by atoms with Gasteiger partial charge in [0.05, 0.1) is 31.8 Å². The molecule has 29 heavy (non-hydrogen) atoms. The van der Waals surface area contributed by atoms with Gasteiger partial charge in [-0.05, 0) is 35.7 Å². The lowest BCUT2D eigenvalue weighted by molar-refractivity contribution is -0.141. The number of methoxy groups -OCH3 is 1. The summed E-state index contributed by atoms with van der Waals surface area (Å²) >= 11 is 0. The van der Waals surface area contributed by atoms with Crippen LogP contribution in [0.5, 0.6) is 0 Å². The van der Waals surface area contributed by atoms with Gasteiger partial charge in [-0.1, -0.05) is 78.0 Å². The molecule has 0 aliphatic heterocycles. The van der Waals surface area contributed by atoms with E-state index in [4.69, 9.17) is 4.74 Å². The zero-order valence-corrected chi connectivity index (χ0v) is 16.7. The maximum absolute atomic E-state index is 11.7. The minimum atomic E-state index is -0.307. The van der Waals surface area contributed by atoms with E-state index in [0.717, 1.165) is 11.3 Å². The standard InChI is InChI=1S/C24H25N3O2/c1-19(24(28)29-2)22-13-15-23(16-14-22)25-26-27(17-20-9-5-3-6-10-20)18-21-11-7-4-8-12-21/h3-16,19H,17-18H2,1-2H3. The van der Waals surface area contributed by atoms with Crippen molar-refractivity contribution in [1.29, 1.82) is 0 Å². The van der Waals surface area contributed by atoms with Crippen LogP contribution in [0.25, 0.3) is 0 Å². The number of ether oxygens (including phenoxy) is 1. The molecule has 0 aromatic heterocycles. The second kappa shape index (κ2) is 10.2. The van der Waals surface area contributed by atoms with Gasteiger partial charge in [-0.2, -0.15) is 0 Å². The summed E-state index contributed by atoms with van der Waals surface area (Å²) in [7, 11) is 1.40. The highest BCUT2D eigenvalue weighted by atomic mass is 16.5. The van der Waals surface area contributed by atoms with Crippen molar-refractivity contribution in [1.82, 2.24) is 5.01 Å². The molecule has 0 radical (unpaired) electrons. The lowest BCUT2D eigenvalue weighted by atomic mass is 10.0. The van der Waals surface area contributed by atoms with Gasteiger partial charge in [-0.25, -0.2) is 0 Å². The molecule has 5 nitrogen and oxygen atoms in total. The van der Waals surface area contributed by atoms with Crippen molar-refractivity contribution in [2.75, 3.05) is 7.11 Å². The molecular formula is C24H25N3O2. The van der Waals surface area contributed by atoms with Gasteiger partial charge in [-0.15, -0.1) is 5.11 Å². The number of nitrogens with zero attached hydrogens (tertiary/aromatic N) is 3. The Morgan fingerprint density at radius 1 is 0.862 bits per heavy atom. The van der Waals surface area contributed by atoms with Gasteiger partial charge in [0.15, 0.2) is 0 Å². The first-order chi connectivity index (χ1) is 14.2. The van der Waals surface area contributed by atoms with Crippen LogP contribution in [0, 0.1) is 0 Å². The average molecular weight is 387 g/mol. The van der Waals surface area contributed by atoms with Crippen molar-refractivity contribution in [3.8, 4) is 0 Å². The molecule has 0 spiro atoms. The molecule has 1 atom stereocenters. The van der Waals surface area contributed by atoms with Crippen LogP contribution in [0.4, 0.5) is 5.69 Å². The Morgan fingerprint density at radius 3 is 1.86 bits per heavy atom. The van der Waals surface area contributed by atoms with Crippen LogP contribution < -0.4 is 0 Å². The second-order valence-corrected chi connectivity index (χ2v) is 6.82. The fourth-order valence-corrected chi connectivity index (χ4v) is 2.96. The van der Waals surface area contributed by atoms with E-state index < -0.39 is 0 Å². The van der Waals surface area contributed by atoms with Crippen LogP contribution >= 0.6 is 0 Å². The second-order valence-electron chi connectivity index (χ2n) is 6.82. The van der Waals surface area contributed by atoms with E-state index in [2.05, 4.69) is 34.6 Å². The van der Waals surface area contributed by atoms with Crippen molar-refractivity contribution >= 4 is 11.7 Å². The van der Waals surface area contributed by atoms with Gasteiger partial charge in [0.1, 0.15) is 0 Å². The molecule has 0 saturated carbocycles. The summed E-state index contributed by atoms with van der Waals surface area (Å²) < 4.78 is 4.80. The number of benzene rings is 3. The molecular weight excluding hydrogens is 362 g/mol. The quantitative estimate of drug-likeness (QED) is 0.284. The van der Waals surface area contributed by atoms with Gasteiger partial charge in [0.25, 0.3) is 0 Å².